The van der Waals surface area contributed by atoms with Crippen LogP contribution in [0.1, 0.15) is 43.2 Å². The number of rotatable bonds is 4. The quantitative estimate of drug-likeness (QED) is 0.845. The number of aryl methyl sites for hydroxylation is 1. The van der Waals surface area contributed by atoms with Crippen molar-refractivity contribution in [2.45, 2.75) is 51.7 Å². The predicted molar refractivity (Wildman–Crippen MR) is 89.3 cm³/mol. The van der Waals surface area contributed by atoms with Gasteiger partial charge in [0.2, 0.25) is 0 Å². The average molecular weight is 303 g/mol. The molecule has 0 radical (unpaired) electrons. The highest BCUT2D eigenvalue weighted by Crippen LogP contribution is 2.46. The van der Waals surface area contributed by atoms with Crippen LogP contribution in [0.5, 0.6) is 5.75 Å². The average Bonchev–Trinajstić information content (AvgIpc) is 2.91. The summed E-state index contributed by atoms with van der Waals surface area (Å²) in [6, 6.07) is 6.55. The minimum absolute atomic E-state index is 0.394. The second-order valence-corrected chi connectivity index (χ2v) is 7.11. The van der Waals surface area contributed by atoms with Gasteiger partial charge in [0.25, 0.3) is 0 Å². The Morgan fingerprint density at radius 2 is 2.05 bits per heavy atom. The standard InChI is InChI=1S/C19H29NO2/c1-15-7-8-16(17(12-15)21-2)13-20-11-5-10-19(14-20)9-4-6-18(19)22-3/h7-8,12,18H,4-6,9-11,13-14H2,1-3H3/t18-,19-/m1/s1. The maximum absolute atomic E-state index is 5.81. The Labute approximate surface area is 134 Å². The van der Waals surface area contributed by atoms with Crippen molar-refractivity contribution in [1.82, 2.24) is 4.90 Å². The van der Waals surface area contributed by atoms with Crippen LogP contribution in [-0.4, -0.2) is 38.3 Å². The smallest absolute Gasteiger partial charge is 0.123 e. The summed E-state index contributed by atoms with van der Waals surface area (Å²) in [5.41, 5.74) is 2.95. The molecule has 3 rings (SSSR count). The Morgan fingerprint density at radius 3 is 2.82 bits per heavy atom. The van der Waals surface area contributed by atoms with Crippen molar-refractivity contribution in [2.75, 3.05) is 27.3 Å². The minimum atomic E-state index is 0.394. The van der Waals surface area contributed by atoms with Crippen molar-refractivity contribution in [2.24, 2.45) is 5.41 Å². The maximum Gasteiger partial charge on any atom is 0.123 e. The molecule has 2 fully saturated rings. The third-order valence-electron chi connectivity index (χ3n) is 5.63. The van der Waals surface area contributed by atoms with Crippen molar-refractivity contribution in [1.29, 1.82) is 0 Å². The molecule has 1 saturated heterocycles. The van der Waals surface area contributed by atoms with Crippen LogP contribution in [0, 0.1) is 12.3 Å². The monoisotopic (exact) mass is 303 g/mol. The van der Waals surface area contributed by atoms with Gasteiger partial charge in [-0.05, 0) is 50.8 Å². The summed E-state index contributed by atoms with van der Waals surface area (Å²) in [5, 5.41) is 0. The fourth-order valence-corrected chi connectivity index (χ4v) is 4.56. The summed E-state index contributed by atoms with van der Waals surface area (Å²) < 4.78 is 11.4. The highest BCUT2D eigenvalue weighted by atomic mass is 16.5. The number of piperidine rings is 1. The zero-order valence-electron chi connectivity index (χ0n) is 14.2. The summed E-state index contributed by atoms with van der Waals surface area (Å²) in [7, 11) is 3.66. The Bertz CT molecular complexity index is 516. The highest BCUT2D eigenvalue weighted by Gasteiger charge is 2.45. The molecule has 0 amide bonds. The summed E-state index contributed by atoms with van der Waals surface area (Å²) >= 11 is 0. The van der Waals surface area contributed by atoms with Crippen LogP contribution >= 0.6 is 0 Å². The van der Waals surface area contributed by atoms with Crippen LogP contribution in [0.15, 0.2) is 18.2 Å². The molecule has 1 aromatic carbocycles. The van der Waals surface area contributed by atoms with Gasteiger partial charge in [-0.25, -0.2) is 0 Å². The number of nitrogens with zero attached hydrogens (tertiary/aromatic N) is 1. The van der Waals surface area contributed by atoms with E-state index >= 15 is 0 Å². The maximum atomic E-state index is 5.81. The first kappa shape index (κ1) is 15.8. The van der Waals surface area contributed by atoms with Crippen molar-refractivity contribution < 1.29 is 9.47 Å². The molecule has 1 saturated carbocycles. The number of hydrogen-bond acceptors (Lipinski definition) is 3. The van der Waals surface area contributed by atoms with Gasteiger partial charge in [0.05, 0.1) is 13.2 Å². The van der Waals surface area contributed by atoms with Gasteiger partial charge in [-0.1, -0.05) is 18.6 Å². The molecular formula is C19H29NO2. The number of ether oxygens (including phenoxy) is 2. The number of likely N-dealkylation sites (tertiary alicyclic amines) is 1. The second kappa shape index (κ2) is 6.59. The van der Waals surface area contributed by atoms with Crippen molar-refractivity contribution in [3.8, 4) is 5.75 Å². The Hall–Kier alpha value is -1.06. The highest BCUT2D eigenvalue weighted by molar-refractivity contribution is 5.37. The zero-order valence-corrected chi connectivity index (χ0v) is 14.2. The van der Waals surface area contributed by atoms with Gasteiger partial charge in [0, 0.05) is 31.2 Å². The van der Waals surface area contributed by atoms with E-state index in [-0.39, 0.29) is 0 Å². The van der Waals surface area contributed by atoms with E-state index in [2.05, 4.69) is 30.0 Å². The molecule has 3 nitrogen and oxygen atoms in total. The lowest BCUT2D eigenvalue weighted by Crippen LogP contribution is -2.47. The Balaban J connectivity index is 1.73. The first-order valence-corrected chi connectivity index (χ1v) is 8.55. The predicted octanol–water partition coefficient (Wildman–Crippen LogP) is 3.78. The molecule has 0 N–H and O–H groups in total. The van der Waals surface area contributed by atoms with E-state index in [0.29, 0.717) is 11.5 Å². The summed E-state index contributed by atoms with van der Waals surface area (Å²) in [6.07, 6.45) is 6.95. The molecule has 2 atom stereocenters. The van der Waals surface area contributed by atoms with Gasteiger partial charge in [-0.2, -0.15) is 0 Å². The first-order valence-electron chi connectivity index (χ1n) is 8.55. The van der Waals surface area contributed by atoms with E-state index in [4.69, 9.17) is 9.47 Å². The Kier molecular flexibility index (Phi) is 4.74. The molecule has 0 unspecified atom stereocenters. The van der Waals surface area contributed by atoms with Gasteiger partial charge in [0.15, 0.2) is 0 Å². The van der Waals surface area contributed by atoms with Crippen LogP contribution in [0.3, 0.4) is 0 Å². The lowest BCUT2D eigenvalue weighted by molar-refractivity contribution is -0.0367. The molecule has 0 bridgehead atoms. The van der Waals surface area contributed by atoms with E-state index in [9.17, 15) is 0 Å². The van der Waals surface area contributed by atoms with E-state index in [1.807, 2.05) is 7.11 Å². The van der Waals surface area contributed by atoms with Crippen LogP contribution < -0.4 is 4.74 Å². The molecule has 1 aromatic rings. The number of benzene rings is 1. The second-order valence-electron chi connectivity index (χ2n) is 7.11. The van der Waals surface area contributed by atoms with Gasteiger partial charge in [-0.3, -0.25) is 4.90 Å². The third-order valence-corrected chi connectivity index (χ3v) is 5.63. The van der Waals surface area contributed by atoms with Crippen LogP contribution in [-0.2, 0) is 11.3 Å². The van der Waals surface area contributed by atoms with Gasteiger partial charge < -0.3 is 9.47 Å². The molecule has 122 valence electrons. The molecule has 1 heterocycles. The van der Waals surface area contributed by atoms with Gasteiger partial charge in [0.1, 0.15) is 5.75 Å². The molecule has 0 aromatic heterocycles. The molecule has 1 aliphatic carbocycles. The molecule has 2 aliphatic rings. The molecule has 22 heavy (non-hydrogen) atoms. The molecule has 3 heteroatoms. The Morgan fingerprint density at radius 1 is 1.23 bits per heavy atom. The van der Waals surface area contributed by atoms with Crippen molar-refractivity contribution >= 4 is 0 Å². The zero-order chi connectivity index (χ0) is 15.6. The van der Waals surface area contributed by atoms with Crippen LogP contribution in [0.4, 0.5) is 0 Å². The van der Waals surface area contributed by atoms with E-state index in [1.165, 1.54) is 56.3 Å². The SMILES string of the molecule is COc1cc(C)ccc1CN1CCC[C@]2(CCC[C@H]2OC)C1. The minimum Gasteiger partial charge on any atom is -0.496 e. The molecule has 1 spiro atoms. The van der Waals surface area contributed by atoms with E-state index < -0.39 is 0 Å². The van der Waals surface area contributed by atoms with E-state index in [0.717, 1.165) is 12.3 Å². The van der Waals surface area contributed by atoms with Crippen molar-refractivity contribution in [3.05, 3.63) is 29.3 Å². The first-order chi connectivity index (χ1) is 10.7. The third kappa shape index (κ3) is 3.02. The lowest BCUT2D eigenvalue weighted by atomic mass is 9.76. The van der Waals surface area contributed by atoms with Crippen molar-refractivity contribution in [3.63, 3.8) is 0 Å². The number of hydrogen-bond donors (Lipinski definition) is 0. The molecular weight excluding hydrogens is 274 g/mol. The fraction of sp³-hybridized carbons (Fsp3) is 0.684. The fourth-order valence-electron chi connectivity index (χ4n) is 4.56. The summed E-state index contributed by atoms with van der Waals surface area (Å²) in [6.45, 7) is 5.46. The topological polar surface area (TPSA) is 21.7 Å². The normalized spacial score (nSPS) is 29.1. The lowest BCUT2D eigenvalue weighted by Gasteiger charge is -2.43. The largest absolute Gasteiger partial charge is 0.496 e. The number of methoxy groups -OCH3 is 2. The molecule has 1 aliphatic heterocycles. The van der Waals surface area contributed by atoms with Gasteiger partial charge in [-0.15, -0.1) is 0 Å². The van der Waals surface area contributed by atoms with Crippen LogP contribution in [0.25, 0.3) is 0 Å². The van der Waals surface area contributed by atoms with Crippen LogP contribution in [0.2, 0.25) is 0 Å². The van der Waals surface area contributed by atoms with E-state index in [1.54, 1.807) is 7.11 Å². The summed E-state index contributed by atoms with van der Waals surface area (Å²) in [5.74, 6) is 1.02. The summed E-state index contributed by atoms with van der Waals surface area (Å²) in [4.78, 5) is 2.61. The van der Waals surface area contributed by atoms with Gasteiger partial charge >= 0.3 is 0 Å².